The molecule has 0 spiro atoms. The number of rotatable bonds is 4. The fourth-order valence-electron chi connectivity index (χ4n) is 2.50. The van der Waals surface area contributed by atoms with E-state index < -0.39 is 0 Å². The molecule has 1 N–H and O–H groups in total. The Bertz CT molecular complexity index is 348. The summed E-state index contributed by atoms with van der Waals surface area (Å²) in [5, 5.41) is 3.42. The highest BCUT2D eigenvalue weighted by molar-refractivity contribution is 9.10. The Morgan fingerprint density at radius 1 is 1.29 bits per heavy atom. The second-order valence-corrected chi connectivity index (χ2v) is 5.50. The Labute approximate surface area is 113 Å². The Morgan fingerprint density at radius 3 is 2.65 bits per heavy atom. The molecule has 1 aromatic rings. The molecule has 1 aliphatic rings. The van der Waals surface area contributed by atoms with Gasteiger partial charge in [0.1, 0.15) is 0 Å². The zero-order valence-corrected chi connectivity index (χ0v) is 12.0. The van der Waals surface area contributed by atoms with Crippen LogP contribution in [0.5, 0.6) is 0 Å². The minimum atomic E-state index is 0.677. The molecular weight excluding hydrogens is 276 g/mol. The second kappa shape index (κ2) is 6.53. The quantitative estimate of drug-likeness (QED) is 0.919. The van der Waals surface area contributed by atoms with Gasteiger partial charge in [0.05, 0.1) is 0 Å². The fraction of sp³-hybridized carbons (Fsp3) is 0.571. The van der Waals surface area contributed by atoms with Crippen LogP contribution in [-0.4, -0.2) is 37.1 Å². The lowest BCUT2D eigenvalue weighted by atomic mass is 10.0. The first-order valence-corrected chi connectivity index (χ1v) is 7.28. The summed E-state index contributed by atoms with van der Waals surface area (Å²) in [6.45, 7) is 6.92. The van der Waals surface area contributed by atoms with Gasteiger partial charge in [-0.05, 0) is 24.5 Å². The van der Waals surface area contributed by atoms with Crippen LogP contribution in [0.3, 0.4) is 0 Å². The van der Waals surface area contributed by atoms with E-state index in [0.29, 0.717) is 6.04 Å². The normalized spacial score (nSPS) is 19.2. The van der Waals surface area contributed by atoms with Crippen LogP contribution in [0.15, 0.2) is 28.7 Å². The molecule has 0 radical (unpaired) electrons. The Morgan fingerprint density at radius 2 is 2.00 bits per heavy atom. The van der Waals surface area contributed by atoms with Crippen molar-refractivity contribution in [3.63, 3.8) is 0 Å². The van der Waals surface area contributed by atoms with Gasteiger partial charge in [0.25, 0.3) is 0 Å². The first-order valence-electron chi connectivity index (χ1n) is 6.49. The van der Waals surface area contributed by atoms with Crippen molar-refractivity contribution in [2.45, 2.75) is 25.8 Å². The van der Waals surface area contributed by atoms with Gasteiger partial charge in [-0.15, -0.1) is 0 Å². The molecule has 0 bridgehead atoms. The topological polar surface area (TPSA) is 15.3 Å². The highest BCUT2D eigenvalue weighted by Crippen LogP contribution is 2.20. The molecule has 1 heterocycles. The first kappa shape index (κ1) is 13.1. The van der Waals surface area contributed by atoms with E-state index in [2.05, 4.69) is 57.3 Å². The smallest absolute Gasteiger partial charge is 0.0207 e. The summed E-state index contributed by atoms with van der Waals surface area (Å²) in [7, 11) is 0. The van der Waals surface area contributed by atoms with Crippen LogP contribution in [0.4, 0.5) is 0 Å². The molecule has 1 atom stereocenters. The highest BCUT2D eigenvalue weighted by Gasteiger charge is 2.19. The van der Waals surface area contributed by atoms with E-state index >= 15 is 0 Å². The Hall–Kier alpha value is -0.380. The summed E-state index contributed by atoms with van der Waals surface area (Å²) in [5.74, 6) is 0. The molecule has 2 rings (SSSR count). The maximum atomic E-state index is 3.65. The van der Waals surface area contributed by atoms with Crippen molar-refractivity contribution in [2.24, 2.45) is 0 Å². The van der Waals surface area contributed by atoms with Crippen LogP contribution in [0, 0.1) is 0 Å². The van der Waals surface area contributed by atoms with E-state index in [0.717, 1.165) is 19.5 Å². The summed E-state index contributed by atoms with van der Waals surface area (Å²) in [4.78, 5) is 2.62. The predicted molar refractivity (Wildman–Crippen MR) is 76.4 cm³/mol. The van der Waals surface area contributed by atoms with Crippen molar-refractivity contribution in [2.75, 3.05) is 26.2 Å². The molecule has 3 heteroatoms. The molecular formula is C14H21BrN2. The molecule has 0 saturated carbocycles. The molecule has 1 saturated heterocycles. The van der Waals surface area contributed by atoms with Gasteiger partial charge >= 0.3 is 0 Å². The van der Waals surface area contributed by atoms with E-state index in [1.807, 2.05) is 0 Å². The molecule has 1 fully saturated rings. The van der Waals surface area contributed by atoms with E-state index in [4.69, 9.17) is 0 Å². The van der Waals surface area contributed by atoms with Gasteiger partial charge in [-0.2, -0.15) is 0 Å². The molecule has 0 aliphatic carbocycles. The van der Waals surface area contributed by atoms with Crippen LogP contribution < -0.4 is 5.32 Å². The number of hydrogen-bond acceptors (Lipinski definition) is 2. The van der Waals surface area contributed by atoms with E-state index in [1.165, 1.54) is 29.5 Å². The molecule has 94 valence electrons. The molecule has 1 aromatic carbocycles. The third-order valence-electron chi connectivity index (χ3n) is 3.55. The molecule has 1 aliphatic heterocycles. The van der Waals surface area contributed by atoms with Gasteiger partial charge in [-0.3, -0.25) is 4.90 Å². The van der Waals surface area contributed by atoms with Crippen molar-refractivity contribution in [3.8, 4) is 0 Å². The van der Waals surface area contributed by atoms with Gasteiger partial charge < -0.3 is 5.32 Å². The molecule has 0 amide bonds. The first-order chi connectivity index (χ1) is 8.31. The van der Waals surface area contributed by atoms with Gasteiger partial charge in [-0.25, -0.2) is 0 Å². The minimum absolute atomic E-state index is 0.677. The Kier molecular flexibility index (Phi) is 5.01. The van der Waals surface area contributed by atoms with Crippen LogP contribution in [0.2, 0.25) is 0 Å². The second-order valence-electron chi connectivity index (χ2n) is 4.64. The SMILES string of the molecule is CCC(Cc1ccccc1Br)N1CCNCC1. The van der Waals surface area contributed by atoms with Gasteiger partial charge in [0.15, 0.2) is 0 Å². The van der Waals surface area contributed by atoms with Crippen LogP contribution in [0.25, 0.3) is 0 Å². The summed E-state index contributed by atoms with van der Waals surface area (Å²) in [6.07, 6.45) is 2.37. The lowest BCUT2D eigenvalue weighted by molar-refractivity contribution is 0.167. The van der Waals surface area contributed by atoms with Crippen molar-refractivity contribution in [1.82, 2.24) is 10.2 Å². The van der Waals surface area contributed by atoms with Gasteiger partial charge in [0, 0.05) is 36.7 Å². The minimum Gasteiger partial charge on any atom is -0.314 e. The van der Waals surface area contributed by atoms with Crippen molar-refractivity contribution in [3.05, 3.63) is 34.3 Å². The number of hydrogen-bond donors (Lipinski definition) is 1. The summed E-state index contributed by atoms with van der Waals surface area (Å²) in [6, 6.07) is 9.26. The third-order valence-corrected chi connectivity index (χ3v) is 4.33. The van der Waals surface area contributed by atoms with E-state index in [1.54, 1.807) is 0 Å². The van der Waals surface area contributed by atoms with E-state index in [9.17, 15) is 0 Å². The highest BCUT2D eigenvalue weighted by atomic mass is 79.9. The van der Waals surface area contributed by atoms with E-state index in [-0.39, 0.29) is 0 Å². The lowest BCUT2D eigenvalue weighted by Gasteiger charge is -2.34. The molecule has 0 aromatic heterocycles. The average molecular weight is 297 g/mol. The lowest BCUT2D eigenvalue weighted by Crippen LogP contribution is -2.48. The molecule has 17 heavy (non-hydrogen) atoms. The number of piperazine rings is 1. The number of benzene rings is 1. The standard InChI is InChI=1S/C14H21BrN2/c1-2-13(17-9-7-16-8-10-17)11-12-5-3-4-6-14(12)15/h3-6,13,16H,2,7-11H2,1H3. The van der Waals surface area contributed by atoms with Crippen molar-refractivity contribution >= 4 is 15.9 Å². The number of halogens is 1. The number of nitrogens with one attached hydrogen (secondary N) is 1. The molecule has 1 unspecified atom stereocenters. The zero-order valence-electron chi connectivity index (χ0n) is 10.5. The van der Waals surface area contributed by atoms with Crippen molar-refractivity contribution < 1.29 is 0 Å². The fourth-order valence-corrected chi connectivity index (χ4v) is 2.94. The third kappa shape index (κ3) is 3.54. The average Bonchev–Trinajstić information content (AvgIpc) is 2.39. The predicted octanol–water partition coefficient (Wildman–Crippen LogP) is 2.68. The summed E-state index contributed by atoms with van der Waals surface area (Å²) in [5.41, 5.74) is 1.43. The maximum Gasteiger partial charge on any atom is 0.0207 e. The van der Waals surface area contributed by atoms with Crippen LogP contribution in [0.1, 0.15) is 18.9 Å². The van der Waals surface area contributed by atoms with Crippen molar-refractivity contribution in [1.29, 1.82) is 0 Å². The summed E-state index contributed by atoms with van der Waals surface area (Å²) < 4.78 is 1.24. The monoisotopic (exact) mass is 296 g/mol. The Balaban J connectivity index is 2.01. The molecule has 2 nitrogen and oxygen atoms in total. The van der Waals surface area contributed by atoms with Gasteiger partial charge in [0.2, 0.25) is 0 Å². The number of nitrogens with zero attached hydrogens (tertiary/aromatic N) is 1. The largest absolute Gasteiger partial charge is 0.314 e. The van der Waals surface area contributed by atoms with Gasteiger partial charge in [-0.1, -0.05) is 41.1 Å². The maximum absolute atomic E-state index is 3.65. The van der Waals surface area contributed by atoms with Crippen LogP contribution in [-0.2, 0) is 6.42 Å². The zero-order chi connectivity index (χ0) is 12.1. The van der Waals surface area contributed by atoms with Crippen LogP contribution >= 0.6 is 15.9 Å². The summed E-state index contributed by atoms with van der Waals surface area (Å²) >= 11 is 3.65.